The van der Waals surface area contributed by atoms with Crippen molar-refractivity contribution >= 4 is 0 Å². The van der Waals surface area contributed by atoms with Gasteiger partial charge in [0.15, 0.2) is 0 Å². The Balaban J connectivity index is 2.34. The Labute approximate surface area is 85.8 Å². The molecule has 2 unspecified atom stereocenters. The van der Waals surface area contributed by atoms with E-state index in [1.807, 2.05) is 0 Å². The lowest BCUT2D eigenvalue weighted by atomic mass is 9.67. The molecule has 1 N–H and O–H groups in total. The molecule has 0 saturated heterocycles. The third kappa shape index (κ3) is 1.27. The van der Waals surface area contributed by atoms with Crippen molar-refractivity contribution in [2.45, 2.75) is 38.7 Å². The summed E-state index contributed by atoms with van der Waals surface area (Å²) in [5.74, 6) is 0. The van der Waals surface area contributed by atoms with Gasteiger partial charge in [0.2, 0.25) is 0 Å². The number of rotatable bonds is 1. The lowest BCUT2D eigenvalue weighted by Crippen LogP contribution is -2.36. The van der Waals surface area contributed by atoms with Crippen molar-refractivity contribution in [1.82, 2.24) is 0 Å². The quantitative estimate of drug-likeness (QED) is 0.630. The van der Waals surface area contributed by atoms with E-state index in [9.17, 15) is 5.11 Å². The van der Waals surface area contributed by atoms with E-state index in [4.69, 9.17) is 0 Å². The standard InChI is InChI=1S/C13H18O/c1-4-13(14)8-7-12(3)6-5-10(2)11(12)9-13/h4-6,14H,1,7-9H2,2-3H3. The van der Waals surface area contributed by atoms with Gasteiger partial charge in [-0.15, -0.1) is 6.58 Å². The fraction of sp³-hybridized carbons (Fsp3) is 0.538. The summed E-state index contributed by atoms with van der Waals surface area (Å²) in [7, 11) is 0. The van der Waals surface area contributed by atoms with E-state index in [1.54, 1.807) is 6.08 Å². The largest absolute Gasteiger partial charge is 0.385 e. The van der Waals surface area contributed by atoms with Crippen LogP contribution in [-0.4, -0.2) is 10.7 Å². The molecular weight excluding hydrogens is 172 g/mol. The highest BCUT2D eigenvalue weighted by molar-refractivity contribution is 5.42. The average Bonchev–Trinajstić information content (AvgIpc) is 2.45. The van der Waals surface area contributed by atoms with E-state index in [1.165, 1.54) is 11.1 Å². The first-order chi connectivity index (χ1) is 6.49. The van der Waals surface area contributed by atoms with Crippen LogP contribution in [0, 0.1) is 5.41 Å². The molecule has 0 spiro atoms. The maximum absolute atomic E-state index is 10.2. The third-order valence-corrected chi connectivity index (χ3v) is 3.81. The number of aliphatic hydroxyl groups is 1. The minimum Gasteiger partial charge on any atom is -0.385 e. The van der Waals surface area contributed by atoms with Crippen molar-refractivity contribution in [1.29, 1.82) is 0 Å². The second-order valence-corrected chi connectivity index (χ2v) is 4.90. The first-order valence-corrected chi connectivity index (χ1v) is 5.25. The Hall–Kier alpha value is -0.820. The second kappa shape index (κ2) is 2.83. The molecule has 0 aromatic carbocycles. The summed E-state index contributed by atoms with van der Waals surface area (Å²) in [5.41, 5.74) is 2.26. The van der Waals surface area contributed by atoms with Crippen LogP contribution in [0.5, 0.6) is 0 Å². The van der Waals surface area contributed by atoms with Gasteiger partial charge in [-0.25, -0.2) is 0 Å². The summed E-state index contributed by atoms with van der Waals surface area (Å²) >= 11 is 0. The first kappa shape index (κ1) is 9.72. The van der Waals surface area contributed by atoms with Gasteiger partial charge in [-0.05, 0) is 19.8 Å². The Morgan fingerprint density at radius 1 is 1.50 bits per heavy atom. The molecule has 1 heteroatoms. The molecule has 1 nitrogen and oxygen atoms in total. The van der Waals surface area contributed by atoms with Crippen LogP contribution in [0.4, 0.5) is 0 Å². The third-order valence-electron chi connectivity index (χ3n) is 3.81. The topological polar surface area (TPSA) is 20.2 Å². The summed E-state index contributed by atoms with van der Waals surface area (Å²) in [6, 6.07) is 0. The summed E-state index contributed by atoms with van der Waals surface area (Å²) in [6.07, 6.45) is 8.77. The molecule has 0 heterocycles. The molecule has 0 radical (unpaired) electrons. The fourth-order valence-electron chi connectivity index (χ4n) is 2.58. The number of allylic oxidation sites excluding steroid dienone is 3. The van der Waals surface area contributed by atoms with Crippen molar-refractivity contribution < 1.29 is 5.11 Å². The van der Waals surface area contributed by atoms with Crippen LogP contribution in [-0.2, 0) is 0 Å². The van der Waals surface area contributed by atoms with Gasteiger partial charge in [0.05, 0.1) is 5.60 Å². The van der Waals surface area contributed by atoms with Crippen molar-refractivity contribution in [3.63, 3.8) is 0 Å². The minimum absolute atomic E-state index is 0.208. The van der Waals surface area contributed by atoms with Crippen molar-refractivity contribution in [3.05, 3.63) is 36.0 Å². The Morgan fingerprint density at radius 2 is 2.21 bits per heavy atom. The van der Waals surface area contributed by atoms with Crippen molar-refractivity contribution in [2.75, 3.05) is 0 Å². The zero-order chi connectivity index (χ0) is 10.4. The van der Waals surface area contributed by atoms with Gasteiger partial charge < -0.3 is 5.11 Å². The van der Waals surface area contributed by atoms with Crippen LogP contribution in [0.15, 0.2) is 36.0 Å². The van der Waals surface area contributed by atoms with Gasteiger partial charge in [-0.2, -0.15) is 0 Å². The molecule has 1 saturated carbocycles. The number of hydrogen-bond acceptors (Lipinski definition) is 1. The number of hydrogen-bond donors (Lipinski definition) is 1. The van der Waals surface area contributed by atoms with Crippen LogP contribution < -0.4 is 0 Å². The lowest BCUT2D eigenvalue weighted by molar-refractivity contribution is 0.0504. The smallest absolute Gasteiger partial charge is 0.0863 e. The molecule has 76 valence electrons. The molecule has 2 atom stereocenters. The van der Waals surface area contributed by atoms with Crippen LogP contribution >= 0.6 is 0 Å². The van der Waals surface area contributed by atoms with E-state index in [0.29, 0.717) is 0 Å². The predicted octanol–water partition coefficient (Wildman–Crippen LogP) is 2.98. The van der Waals surface area contributed by atoms with E-state index in [-0.39, 0.29) is 5.41 Å². The predicted molar refractivity (Wildman–Crippen MR) is 58.9 cm³/mol. The monoisotopic (exact) mass is 190 g/mol. The zero-order valence-corrected chi connectivity index (χ0v) is 9.01. The van der Waals surface area contributed by atoms with Gasteiger partial charge in [0, 0.05) is 11.8 Å². The van der Waals surface area contributed by atoms with Gasteiger partial charge in [-0.3, -0.25) is 0 Å². The summed E-state index contributed by atoms with van der Waals surface area (Å²) in [4.78, 5) is 0. The normalized spacial score (nSPS) is 41.4. The molecule has 0 aliphatic heterocycles. The molecule has 0 aromatic rings. The molecular formula is C13H18O. The van der Waals surface area contributed by atoms with Gasteiger partial charge >= 0.3 is 0 Å². The van der Waals surface area contributed by atoms with Crippen LogP contribution in [0.25, 0.3) is 0 Å². The maximum Gasteiger partial charge on any atom is 0.0863 e. The molecule has 2 aliphatic carbocycles. The van der Waals surface area contributed by atoms with Gasteiger partial charge in [0.1, 0.15) is 0 Å². The molecule has 14 heavy (non-hydrogen) atoms. The Kier molecular flexibility index (Phi) is 1.97. The summed E-state index contributed by atoms with van der Waals surface area (Å²) < 4.78 is 0. The van der Waals surface area contributed by atoms with Gasteiger partial charge in [0.25, 0.3) is 0 Å². The summed E-state index contributed by atoms with van der Waals surface area (Å²) in [5, 5.41) is 10.2. The van der Waals surface area contributed by atoms with Crippen LogP contribution in [0.2, 0.25) is 0 Å². The lowest BCUT2D eigenvalue weighted by Gasteiger charge is -2.40. The highest BCUT2D eigenvalue weighted by Crippen LogP contribution is 2.50. The van der Waals surface area contributed by atoms with E-state index >= 15 is 0 Å². The Morgan fingerprint density at radius 3 is 2.86 bits per heavy atom. The molecule has 2 rings (SSSR count). The highest BCUT2D eigenvalue weighted by Gasteiger charge is 2.41. The zero-order valence-electron chi connectivity index (χ0n) is 9.01. The van der Waals surface area contributed by atoms with E-state index < -0.39 is 5.60 Å². The number of fused-ring (bicyclic) bond motifs is 1. The maximum atomic E-state index is 10.2. The molecule has 0 aromatic heterocycles. The molecule has 0 amide bonds. The van der Waals surface area contributed by atoms with Crippen LogP contribution in [0.1, 0.15) is 33.1 Å². The molecule has 2 aliphatic rings. The van der Waals surface area contributed by atoms with Crippen molar-refractivity contribution in [2.24, 2.45) is 5.41 Å². The average molecular weight is 190 g/mol. The molecule has 1 fully saturated rings. The van der Waals surface area contributed by atoms with E-state index in [0.717, 1.165) is 19.3 Å². The highest BCUT2D eigenvalue weighted by atomic mass is 16.3. The minimum atomic E-state index is -0.665. The second-order valence-electron chi connectivity index (χ2n) is 4.90. The first-order valence-electron chi connectivity index (χ1n) is 5.25. The Bertz CT molecular complexity index is 337. The van der Waals surface area contributed by atoms with Crippen molar-refractivity contribution in [3.8, 4) is 0 Å². The van der Waals surface area contributed by atoms with Gasteiger partial charge in [-0.1, -0.05) is 36.3 Å². The SMILES string of the molecule is C=CC1(O)CCC2(C)C=CC(C)=C2C1. The fourth-order valence-corrected chi connectivity index (χ4v) is 2.58. The molecule has 0 bridgehead atoms. The van der Waals surface area contributed by atoms with Crippen LogP contribution in [0.3, 0.4) is 0 Å². The summed E-state index contributed by atoms with van der Waals surface area (Å²) in [6.45, 7) is 8.12. The van der Waals surface area contributed by atoms with E-state index in [2.05, 4.69) is 32.6 Å².